The quantitative estimate of drug-likeness (QED) is 0.388. The minimum absolute atomic E-state index is 0.648. The van der Waals surface area contributed by atoms with E-state index in [4.69, 9.17) is 18.9 Å². The molecular weight excluding hydrogens is 418 g/mol. The van der Waals surface area contributed by atoms with E-state index in [9.17, 15) is 0 Å². The molecule has 0 aliphatic rings. The van der Waals surface area contributed by atoms with Crippen LogP contribution in [0.4, 0.5) is 5.69 Å². The van der Waals surface area contributed by atoms with Crippen LogP contribution in [0.2, 0.25) is 0 Å². The van der Waals surface area contributed by atoms with Gasteiger partial charge in [0.05, 0.1) is 25.3 Å². The van der Waals surface area contributed by atoms with Crippen LogP contribution in [0.3, 0.4) is 0 Å². The normalized spacial score (nSPS) is 11.6. The van der Waals surface area contributed by atoms with Crippen molar-refractivity contribution >= 4 is 32.6 Å². The van der Waals surface area contributed by atoms with E-state index >= 15 is 0 Å². The fourth-order valence-corrected chi connectivity index (χ4v) is 3.26. The summed E-state index contributed by atoms with van der Waals surface area (Å²) in [5.74, 6) is 2.03. The van der Waals surface area contributed by atoms with E-state index in [1.54, 1.807) is 14.2 Å². The molecule has 28 heavy (non-hydrogen) atoms. The number of para-hydroxylation sites is 1. The molecule has 1 heterocycles. The van der Waals surface area contributed by atoms with Crippen molar-refractivity contribution in [1.82, 2.24) is 0 Å². The van der Waals surface area contributed by atoms with Crippen LogP contribution in [-0.2, 0) is 0 Å². The van der Waals surface area contributed by atoms with Crippen LogP contribution in [0.15, 0.2) is 86.7 Å². The monoisotopic (exact) mass is 435 g/mol. The van der Waals surface area contributed by atoms with Crippen molar-refractivity contribution in [2.24, 2.45) is 4.99 Å². The molecule has 1 aromatic heterocycles. The van der Waals surface area contributed by atoms with Crippen LogP contribution < -0.4 is 14.8 Å². The first kappa shape index (κ1) is 18.3. The molecule has 0 saturated carbocycles. The second-order valence-corrected chi connectivity index (χ2v) is 7.07. The van der Waals surface area contributed by atoms with E-state index in [1.807, 2.05) is 72.8 Å². The topological polar surface area (TPSA) is 44.0 Å². The number of hydrogen-bond donors (Lipinski definition) is 0. The lowest BCUT2D eigenvalue weighted by Crippen LogP contribution is -2.03. The zero-order valence-corrected chi connectivity index (χ0v) is 17.1. The molecule has 4 rings (SSSR count). The first-order valence-corrected chi connectivity index (χ1v) is 9.53. The molecule has 0 radical (unpaired) electrons. The van der Waals surface area contributed by atoms with Crippen LogP contribution in [0.1, 0.15) is 0 Å². The van der Waals surface area contributed by atoms with Gasteiger partial charge < -0.3 is 13.9 Å². The van der Waals surface area contributed by atoms with Gasteiger partial charge in [0.1, 0.15) is 11.3 Å². The molecule has 0 N–H and O–H groups in total. The smallest absolute Gasteiger partial charge is 0.161 e. The Labute approximate surface area is 171 Å². The van der Waals surface area contributed by atoms with E-state index < -0.39 is 0 Å². The summed E-state index contributed by atoms with van der Waals surface area (Å²) in [4.78, 5) is 4.84. The number of fused-ring (bicyclic) bond motifs is 1. The van der Waals surface area contributed by atoms with E-state index in [-0.39, 0.29) is 0 Å². The molecule has 0 atom stereocenters. The maximum atomic E-state index is 6.15. The molecule has 4 aromatic rings. The summed E-state index contributed by atoms with van der Waals surface area (Å²) >= 11 is 3.46. The van der Waals surface area contributed by atoms with Gasteiger partial charge in [-0.3, -0.25) is 0 Å². The Kier molecular flexibility index (Phi) is 5.17. The highest BCUT2D eigenvalue weighted by atomic mass is 79.9. The maximum Gasteiger partial charge on any atom is 0.161 e. The third kappa shape index (κ3) is 3.66. The van der Waals surface area contributed by atoms with Crippen molar-refractivity contribution in [3.63, 3.8) is 0 Å². The van der Waals surface area contributed by atoms with Gasteiger partial charge in [-0.25, -0.2) is 4.99 Å². The number of methoxy groups -OCH3 is 2. The second kappa shape index (κ2) is 7.90. The van der Waals surface area contributed by atoms with Gasteiger partial charge in [-0.2, -0.15) is 0 Å². The van der Waals surface area contributed by atoms with Crippen molar-refractivity contribution in [3.05, 3.63) is 82.6 Å². The first-order valence-electron chi connectivity index (χ1n) is 8.73. The average Bonchev–Trinajstić information content (AvgIpc) is 2.74. The van der Waals surface area contributed by atoms with Crippen LogP contribution in [-0.4, -0.2) is 14.2 Å². The molecule has 0 unspecified atom stereocenters. The third-order valence-electron chi connectivity index (χ3n) is 4.39. The van der Waals surface area contributed by atoms with Crippen LogP contribution in [0.25, 0.3) is 22.3 Å². The van der Waals surface area contributed by atoms with Gasteiger partial charge in [0.15, 0.2) is 11.5 Å². The second-order valence-electron chi connectivity index (χ2n) is 6.15. The number of halogens is 1. The van der Waals surface area contributed by atoms with Gasteiger partial charge >= 0.3 is 0 Å². The Hall–Kier alpha value is -3.05. The van der Waals surface area contributed by atoms with Crippen LogP contribution >= 0.6 is 15.9 Å². The Bertz CT molecular complexity index is 1200. The molecule has 4 nitrogen and oxygen atoms in total. The lowest BCUT2D eigenvalue weighted by Gasteiger charge is -2.10. The Morgan fingerprint density at radius 2 is 1.57 bits per heavy atom. The standard InChI is InChI=1S/C23H18BrNO3/c1-26-21-12-7-15(13-23(21)27-2)22-14-19(18-5-3-4-6-20(18)28-22)25-17-10-8-16(24)9-11-17/h3-14H,1-2H3. The largest absolute Gasteiger partial charge is 0.493 e. The molecule has 0 amide bonds. The molecule has 0 aliphatic heterocycles. The maximum absolute atomic E-state index is 6.15. The summed E-state index contributed by atoms with van der Waals surface area (Å²) in [7, 11) is 3.24. The fourth-order valence-electron chi connectivity index (χ4n) is 3.00. The summed E-state index contributed by atoms with van der Waals surface area (Å²) in [6, 6.07) is 23.4. The molecular formula is C23H18BrNO3. The first-order chi connectivity index (χ1) is 13.7. The van der Waals surface area contributed by atoms with E-state index in [2.05, 4.69) is 15.9 Å². The molecule has 5 heteroatoms. The molecule has 140 valence electrons. The predicted molar refractivity (Wildman–Crippen MR) is 114 cm³/mol. The number of hydrogen-bond acceptors (Lipinski definition) is 4. The minimum Gasteiger partial charge on any atom is -0.493 e. The highest BCUT2D eigenvalue weighted by Gasteiger charge is 2.10. The Morgan fingerprint density at radius 3 is 2.32 bits per heavy atom. The Balaban J connectivity index is 1.93. The summed E-state index contributed by atoms with van der Waals surface area (Å²) < 4.78 is 17.9. The molecule has 0 fully saturated rings. The van der Waals surface area contributed by atoms with Gasteiger partial charge in [0.2, 0.25) is 0 Å². The van der Waals surface area contributed by atoms with Crippen molar-refractivity contribution in [2.75, 3.05) is 14.2 Å². The number of rotatable bonds is 4. The highest BCUT2D eigenvalue weighted by Crippen LogP contribution is 2.32. The zero-order valence-electron chi connectivity index (χ0n) is 15.5. The summed E-state index contributed by atoms with van der Waals surface area (Å²) in [5.41, 5.74) is 2.53. The van der Waals surface area contributed by atoms with Gasteiger partial charge in [-0.05, 0) is 54.6 Å². The van der Waals surface area contributed by atoms with Crippen molar-refractivity contribution in [1.29, 1.82) is 0 Å². The number of ether oxygens (including phenoxy) is 2. The van der Waals surface area contributed by atoms with Gasteiger partial charge in [0.25, 0.3) is 0 Å². The molecule has 0 bridgehead atoms. The van der Waals surface area contributed by atoms with E-state index in [0.29, 0.717) is 17.3 Å². The molecule has 3 aromatic carbocycles. The Morgan fingerprint density at radius 1 is 0.821 bits per heavy atom. The third-order valence-corrected chi connectivity index (χ3v) is 4.92. The lowest BCUT2D eigenvalue weighted by molar-refractivity contribution is 0.355. The molecule has 0 saturated heterocycles. The zero-order chi connectivity index (χ0) is 19.5. The average molecular weight is 436 g/mol. The SMILES string of the molecule is COc1ccc(-c2cc(=Nc3ccc(Br)cc3)c3ccccc3o2)cc1OC. The minimum atomic E-state index is 0.648. The summed E-state index contributed by atoms with van der Waals surface area (Å²) in [6.07, 6.45) is 0. The summed E-state index contributed by atoms with van der Waals surface area (Å²) in [5, 5.41) is 1.80. The van der Waals surface area contributed by atoms with Crippen molar-refractivity contribution in [3.8, 4) is 22.8 Å². The van der Waals surface area contributed by atoms with E-state index in [1.165, 1.54) is 0 Å². The van der Waals surface area contributed by atoms with Crippen LogP contribution in [0, 0.1) is 0 Å². The summed E-state index contributed by atoms with van der Waals surface area (Å²) in [6.45, 7) is 0. The molecule has 0 spiro atoms. The highest BCUT2D eigenvalue weighted by molar-refractivity contribution is 9.10. The number of benzene rings is 3. The molecule has 0 aliphatic carbocycles. The van der Waals surface area contributed by atoms with Crippen molar-refractivity contribution < 1.29 is 13.9 Å². The van der Waals surface area contributed by atoms with Gasteiger partial charge in [0, 0.05) is 21.5 Å². The predicted octanol–water partition coefficient (Wildman–Crippen LogP) is 6.11. The van der Waals surface area contributed by atoms with Gasteiger partial charge in [-0.1, -0.05) is 28.1 Å². The fraction of sp³-hybridized carbons (Fsp3) is 0.0870. The van der Waals surface area contributed by atoms with Crippen LogP contribution in [0.5, 0.6) is 11.5 Å². The van der Waals surface area contributed by atoms with Gasteiger partial charge in [-0.15, -0.1) is 0 Å². The van der Waals surface area contributed by atoms with Crippen molar-refractivity contribution in [2.45, 2.75) is 0 Å². The lowest BCUT2D eigenvalue weighted by atomic mass is 10.1. The van der Waals surface area contributed by atoms with E-state index in [0.717, 1.165) is 32.1 Å². The number of nitrogens with zero attached hydrogens (tertiary/aromatic N) is 1.